The third-order valence-electron chi connectivity index (χ3n) is 1.99. The molecule has 0 saturated heterocycles. The lowest BCUT2D eigenvalue weighted by molar-refractivity contribution is 0.414. The zero-order valence-corrected chi connectivity index (χ0v) is 11.4. The van der Waals surface area contributed by atoms with Crippen LogP contribution in [0.15, 0.2) is 0 Å². The van der Waals surface area contributed by atoms with Crippen molar-refractivity contribution in [1.29, 1.82) is 0 Å². The first-order valence-electron chi connectivity index (χ1n) is 4.29. The second-order valence-electron chi connectivity index (χ2n) is 3.47. The zero-order valence-electron chi connectivity index (χ0n) is 8.97. The van der Waals surface area contributed by atoms with Gasteiger partial charge >= 0.3 is 0 Å². The zero-order chi connectivity index (χ0) is 12.3. The van der Waals surface area contributed by atoms with Gasteiger partial charge in [0.2, 0.25) is 10.0 Å². The third-order valence-corrected chi connectivity index (χ3v) is 5.60. The molecule has 1 atom stereocenters. The minimum Gasteiger partial charge on any atom is -0.229 e. The van der Waals surface area contributed by atoms with E-state index in [1.54, 1.807) is 6.92 Å². The molecule has 0 aliphatic rings. The van der Waals surface area contributed by atoms with E-state index in [2.05, 4.69) is 0 Å². The maximum atomic E-state index is 11.6. The summed E-state index contributed by atoms with van der Waals surface area (Å²) >= 11 is 5.52. The second-order valence-corrected chi connectivity index (χ2v) is 8.18. The summed E-state index contributed by atoms with van der Waals surface area (Å²) in [6.07, 6.45) is 1.01. The average Bonchev–Trinajstić information content (AvgIpc) is 2.11. The van der Waals surface area contributed by atoms with E-state index in [1.165, 1.54) is 7.05 Å². The van der Waals surface area contributed by atoms with Crippen molar-refractivity contribution in [2.45, 2.75) is 13.0 Å². The summed E-state index contributed by atoms with van der Waals surface area (Å²) in [6.45, 7) is 1.66. The molecule has 0 aliphatic carbocycles. The van der Waals surface area contributed by atoms with Gasteiger partial charge in [0, 0.05) is 25.2 Å². The highest BCUT2D eigenvalue weighted by molar-refractivity contribution is 7.93. The van der Waals surface area contributed by atoms with Gasteiger partial charge in [-0.25, -0.2) is 21.1 Å². The first kappa shape index (κ1) is 15.2. The molecule has 92 valence electrons. The van der Waals surface area contributed by atoms with Gasteiger partial charge < -0.3 is 0 Å². The first-order valence-corrected chi connectivity index (χ1v) is 8.50. The van der Waals surface area contributed by atoms with Crippen molar-refractivity contribution >= 4 is 31.5 Å². The number of halogens is 1. The maximum absolute atomic E-state index is 11.6. The van der Waals surface area contributed by atoms with Crippen molar-refractivity contribution < 1.29 is 16.8 Å². The molecule has 0 bridgehead atoms. The van der Waals surface area contributed by atoms with Gasteiger partial charge in [-0.05, 0) is 6.92 Å². The van der Waals surface area contributed by atoms with Crippen LogP contribution < -0.4 is 0 Å². The molecule has 0 spiro atoms. The Balaban J connectivity index is 4.57. The number of hydrogen-bond donors (Lipinski definition) is 0. The molecule has 1 unspecified atom stereocenters. The topological polar surface area (TPSA) is 71.5 Å². The Morgan fingerprint density at radius 1 is 1.20 bits per heavy atom. The summed E-state index contributed by atoms with van der Waals surface area (Å²) in [4.78, 5) is 0. The normalized spacial score (nSPS) is 15.5. The van der Waals surface area contributed by atoms with Gasteiger partial charge in [0.1, 0.15) is 9.84 Å². The minimum absolute atomic E-state index is 0.175. The number of rotatable bonds is 6. The van der Waals surface area contributed by atoms with Gasteiger partial charge in [-0.2, -0.15) is 0 Å². The van der Waals surface area contributed by atoms with Crippen LogP contribution in [0.25, 0.3) is 0 Å². The predicted molar refractivity (Wildman–Crippen MR) is 61.4 cm³/mol. The molecule has 15 heavy (non-hydrogen) atoms. The fraction of sp³-hybridized carbons (Fsp3) is 1.00. The van der Waals surface area contributed by atoms with E-state index in [0.717, 1.165) is 10.6 Å². The Morgan fingerprint density at radius 3 is 2.00 bits per heavy atom. The summed E-state index contributed by atoms with van der Waals surface area (Å²) in [5, 5.41) is 0. The van der Waals surface area contributed by atoms with E-state index in [-0.39, 0.29) is 17.7 Å². The van der Waals surface area contributed by atoms with Crippen molar-refractivity contribution in [3.8, 4) is 0 Å². The Kier molecular flexibility index (Phi) is 5.52. The van der Waals surface area contributed by atoms with Crippen LogP contribution in [0.1, 0.15) is 6.92 Å². The number of sulfonamides is 1. The summed E-state index contributed by atoms with van der Waals surface area (Å²) in [7, 11) is -5.40. The maximum Gasteiger partial charge on any atom is 0.215 e. The lowest BCUT2D eigenvalue weighted by Gasteiger charge is -2.22. The number of alkyl halides is 1. The molecule has 0 amide bonds. The number of nitrogens with zero attached hydrogens (tertiary/aromatic N) is 1. The molecule has 0 N–H and O–H groups in total. The van der Waals surface area contributed by atoms with E-state index in [9.17, 15) is 16.8 Å². The van der Waals surface area contributed by atoms with Crippen molar-refractivity contribution in [2.75, 3.05) is 30.7 Å². The van der Waals surface area contributed by atoms with Crippen LogP contribution in [0.2, 0.25) is 0 Å². The van der Waals surface area contributed by atoms with Gasteiger partial charge in [0.05, 0.1) is 11.5 Å². The number of hydrogen-bond acceptors (Lipinski definition) is 4. The monoisotopic (exact) mass is 277 g/mol. The molecule has 0 aromatic heterocycles. The largest absolute Gasteiger partial charge is 0.229 e. The van der Waals surface area contributed by atoms with Crippen molar-refractivity contribution in [3.05, 3.63) is 0 Å². The summed E-state index contributed by atoms with van der Waals surface area (Å²) in [5.74, 6) is -0.590. The predicted octanol–water partition coefficient (Wildman–Crippen LogP) is -0.0801. The summed E-state index contributed by atoms with van der Waals surface area (Å²) in [5.41, 5.74) is 0. The summed E-state index contributed by atoms with van der Waals surface area (Å²) in [6, 6.07) is -0.337. The second kappa shape index (κ2) is 5.47. The van der Waals surface area contributed by atoms with Gasteiger partial charge in [0.15, 0.2) is 0 Å². The molecular formula is C7H16ClNO4S2. The molecule has 0 aromatic rings. The summed E-state index contributed by atoms with van der Waals surface area (Å²) < 4.78 is 45.9. The molecule has 0 fully saturated rings. The van der Waals surface area contributed by atoms with Crippen LogP contribution in [-0.2, 0) is 19.9 Å². The molecular weight excluding hydrogens is 262 g/mol. The van der Waals surface area contributed by atoms with Crippen molar-refractivity contribution in [2.24, 2.45) is 0 Å². The van der Waals surface area contributed by atoms with E-state index in [4.69, 9.17) is 11.6 Å². The molecule has 0 aliphatic heterocycles. The quantitative estimate of drug-likeness (QED) is 0.637. The Morgan fingerprint density at radius 2 is 1.67 bits per heavy atom. The molecule has 0 saturated carbocycles. The Bertz CT molecular complexity index is 389. The third kappa shape index (κ3) is 5.70. The molecule has 0 rings (SSSR count). The molecule has 0 heterocycles. The van der Waals surface area contributed by atoms with Crippen LogP contribution in [0.5, 0.6) is 0 Å². The fourth-order valence-electron chi connectivity index (χ4n) is 0.772. The van der Waals surface area contributed by atoms with Gasteiger partial charge in [-0.15, -0.1) is 11.6 Å². The highest BCUT2D eigenvalue weighted by Crippen LogP contribution is 2.06. The highest BCUT2D eigenvalue weighted by atomic mass is 35.5. The highest BCUT2D eigenvalue weighted by Gasteiger charge is 2.23. The van der Waals surface area contributed by atoms with Crippen LogP contribution in [0.4, 0.5) is 0 Å². The van der Waals surface area contributed by atoms with Gasteiger partial charge in [-0.3, -0.25) is 0 Å². The van der Waals surface area contributed by atoms with Crippen LogP contribution in [-0.4, -0.2) is 57.9 Å². The van der Waals surface area contributed by atoms with Gasteiger partial charge in [-0.1, -0.05) is 0 Å². The molecule has 8 heteroatoms. The average molecular weight is 278 g/mol. The molecule has 0 radical (unpaired) electrons. The van der Waals surface area contributed by atoms with Crippen LogP contribution >= 0.6 is 11.6 Å². The lowest BCUT2D eigenvalue weighted by atomic mass is 10.4. The molecule has 5 nitrogen and oxygen atoms in total. The number of sulfone groups is 1. The van der Waals surface area contributed by atoms with Crippen molar-refractivity contribution in [3.63, 3.8) is 0 Å². The Hall–Kier alpha value is 0.150. The SMILES string of the molecule is CC(CCl)N(C)S(=O)(=O)CCS(C)(=O)=O. The first-order chi connectivity index (χ1) is 6.60. The van der Waals surface area contributed by atoms with Crippen molar-refractivity contribution in [1.82, 2.24) is 4.31 Å². The fourth-order valence-corrected chi connectivity index (χ4v) is 4.03. The lowest BCUT2D eigenvalue weighted by Crippen LogP contribution is -2.39. The van der Waals surface area contributed by atoms with E-state index in [0.29, 0.717) is 0 Å². The van der Waals surface area contributed by atoms with E-state index < -0.39 is 25.6 Å². The van der Waals surface area contributed by atoms with Crippen LogP contribution in [0.3, 0.4) is 0 Å². The van der Waals surface area contributed by atoms with E-state index in [1.807, 2.05) is 0 Å². The standard InChI is InChI=1S/C7H16ClNO4S2/c1-7(6-8)9(2)15(12,13)5-4-14(3,10)11/h7H,4-6H2,1-3H3. The van der Waals surface area contributed by atoms with Crippen LogP contribution in [0, 0.1) is 0 Å². The molecule has 0 aromatic carbocycles. The van der Waals surface area contributed by atoms with Gasteiger partial charge in [0.25, 0.3) is 0 Å². The minimum atomic E-state index is -3.54. The smallest absolute Gasteiger partial charge is 0.215 e. The van der Waals surface area contributed by atoms with E-state index >= 15 is 0 Å². The Labute approximate surface area is 96.4 Å².